The summed E-state index contributed by atoms with van der Waals surface area (Å²) in [4.78, 5) is 4.58. The average molecular weight is 233 g/mol. The highest BCUT2D eigenvalue weighted by Gasteiger charge is 2.18. The number of rotatable bonds is 2. The van der Waals surface area contributed by atoms with E-state index in [4.69, 9.17) is 9.84 Å². The number of imidazole rings is 1. The first-order valence-electron chi connectivity index (χ1n) is 5.90. The van der Waals surface area contributed by atoms with Gasteiger partial charge in [0.25, 0.3) is 0 Å². The van der Waals surface area contributed by atoms with Gasteiger partial charge in [-0.05, 0) is 25.0 Å². The molecule has 0 unspecified atom stereocenters. The highest BCUT2D eigenvalue weighted by molar-refractivity contribution is 5.39. The number of hydrogen-bond donors (Lipinski definition) is 1. The molecule has 0 atom stereocenters. The fourth-order valence-corrected chi connectivity index (χ4v) is 2.21. The van der Waals surface area contributed by atoms with Crippen LogP contribution in [0.4, 0.5) is 0 Å². The van der Waals surface area contributed by atoms with E-state index in [0.717, 1.165) is 37.4 Å². The second kappa shape index (κ2) is 4.43. The zero-order valence-corrected chi connectivity index (χ0v) is 9.54. The van der Waals surface area contributed by atoms with E-state index in [-0.39, 0.29) is 6.61 Å². The van der Waals surface area contributed by atoms with Crippen LogP contribution < -0.4 is 0 Å². The minimum atomic E-state index is -0.0410. The Morgan fingerprint density at radius 2 is 2.18 bits per heavy atom. The monoisotopic (exact) mass is 233 g/mol. The van der Waals surface area contributed by atoms with E-state index in [1.165, 1.54) is 0 Å². The van der Waals surface area contributed by atoms with Gasteiger partial charge in [-0.3, -0.25) is 0 Å². The molecule has 2 aromatic rings. The largest absolute Gasteiger partial charge is 0.390 e. The molecule has 2 aromatic heterocycles. The first-order valence-corrected chi connectivity index (χ1v) is 5.90. The minimum Gasteiger partial charge on any atom is -0.390 e. The molecular formula is C12H15N3O2. The Morgan fingerprint density at radius 3 is 2.94 bits per heavy atom. The van der Waals surface area contributed by atoms with Gasteiger partial charge in [0.15, 0.2) is 5.65 Å². The zero-order valence-electron chi connectivity index (χ0n) is 9.54. The quantitative estimate of drug-likeness (QED) is 0.844. The Bertz CT molecular complexity index is 517. The topological polar surface area (TPSA) is 59.7 Å². The van der Waals surface area contributed by atoms with Gasteiger partial charge in [0.05, 0.1) is 24.2 Å². The van der Waals surface area contributed by atoms with Crippen LogP contribution in [0, 0.1) is 0 Å². The third kappa shape index (κ3) is 2.03. The van der Waals surface area contributed by atoms with Gasteiger partial charge in [-0.15, -0.1) is 0 Å². The fourth-order valence-electron chi connectivity index (χ4n) is 2.21. The molecule has 0 aromatic carbocycles. The van der Waals surface area contributed by atoms with Crippen LogP contribution in [0.2, 0.25) is 0 Å². The van der Waals surface area contributed by atoms with Crippen molar-refractivity contribution >= 4 is 5.65 Å². The minimum absolute atomic E-state index is 0.0410. The molecule has 1 fully saturated rings. The van der Waals surface area contributed by atoms with Gasteiger partial charge in [-0.1, -0.05) is 0 Å². The van der Waals surface area contributed by atoms with Crippen molar-refractivity contribution < 1.29 is 9.84 Å². The van der Waals surface area contributed by atoms with E-state index in [9.17, 15) is 0 Å². The molecule has 17 heavy (non-hydrogen) atoms. The summed E-state index contributed by atoms with van der Waals surface area (Å²) in [5.41, 5.74) is 2.58. The first-order chi connectivity index (χ1) is 8.36. The SMILES string of the molecule is OCc1ccc2nc(C3CCOCC3)cn2n1. The second-order valence-corrected chi connectivity index (χ2v) is 4.34. The Kier molecular flexibility index (Phi) is 2.78. The smallest absolute Gasteiger partial charge is 0.153 e. The maximum absolute atomic E-state index is 9.04. The molecule has 3 heterocycles. The highest BCUT2D eigenvalue weighted by atomic mass is 16.5. The van der Waals surface area contributed by atoms with Crippen molar-refractivity contribution in [2.75, 3.05) is 13.2 Å². The summed E-state index contributed by atoms with van der Waals surface area (Å²) in [6, 6.07) is 3.69. The lowest BCUT2D eigenvalue weighted by atomic mass is 9.97. The lowest BCUT2D eigenvalue weighted by Gasteiger charge is -2.19. The van der Waals surface area contributed by atoms with E-state index in [1.807, 2.05) is 12.3 Å². The average Bonchev–Trinajstić information content (AvgIpc) is 2.82. The van der Waals surface area contributed by atoms with Crippen molar-refractivity contribution in [1.82, 2.24) is 14.6 Å². The molecule has 0 bridgehead atoms. The zero-order chi connectivity index (χ0) is 11.7. The van der Waals surface area contributed by atoms with Crippen molar-refractivity contribution in [3.63, 3.8) is 0 Å². The van der Waals surface area contributed by atoms with Gasteiger partial charge in [-0.25, -0.2) is 9.50 Å². The second-order valence-electron chi connectivity index (χ2n) is 4.34. The van der Waals surface area contributed by atoms with E-state index in [0.29, 0.717) is 11.6 Å². The number of aromatic nitrogens is 3. The number of nitrogens with zero attached hydrogens (tertiary/aromatic N) is 3. The van der Waals surface area contributed by atoms with Crippen LogP contribution in [0.1, 0.15) is 30.1 Å². The van der Waals surface area contributed by atoms with E-state index >= 15 is 0 Å². The van der Waals surface area contributed by atoms with Crippen LogP contribution in [-0.2, 0) is 11.3 Å². The van der Waals surface area contributed by atoms with Gasteiger partial charge < -0.3 is 9.84 Å². The maximum atomic E-state index is 9.04. The Morgan fingerprint density at radius 1 is 1.35 bits per heavy atom. The molecule has 1 saturated heterocycles. The molecule has 0 radical (unpaired) electrons. The third-order valence-corrected chi connectivity index (χ3v) is 3.20. The van der Waals surface area contributed by atoms with Crippen molar-refractivity contribution in [3.8, 4) is 0 Å². The number of hydrogen-bond acceptors (Lipinski definition) is 4. The number of aliphatic hydroxyl groups is 1. The van der Waals surface area contributed by atoms with Gasteiger partial charge >= 0.3 is 0 Å². The number of fused-ring (bicyclic) bond motifs is 1. The molecular weight excluding hydrogens is 218 g/mol. The summed E-state index contributed by atoms with van der Waals surface area (Å²) in [5.74, 6) is 0.475. The summed E-state index contributed by atoms with van der Waals surface area (Å²) < 4.78 is 7.09. The number of ether oxygens (including phenoxy) is 1. The van der Waals surface area contributed by atoms with E-state index < -0.39 is 0 Å². The molecule has 90 valence electrons. The predicted octanol–water partition coefficient (Wildman–Crippen LogP) is 1.12. The highest BCUT2D eigenvalue weighted by Crippen LogP contribution is 2.25. The van der Waals surface area contributed by atoms with Crippen LogP contribution in [0.5, 0.6) is 0 Å². The molecule has 0 spiro atoms. The fraction of sp³-hybridized carbons (Fsp3) is 0.500. The molecule has 1 aliphatic heterocycles. The molecule has 0 aliphatic carbocycles. The Balaban J connectivity index is 1.95. The summed E-state index contributed by atoms with van der Waals surface area (Å²) >= 11 is 0. The van der Waals surface area contributed by atoms with Crippen LogP contribution >= 0.6 is 0 Å². The van der Waals surface area contributed by atoms with Crippen molar-refractivity contribution in [2.45, 2.75) is 25.4 Å². The van der Waals surface area contributed by atoms with Crippen LogP contribution in [0.25, 0.3) is 5.65 Å². The maximum Gasteiger partial charge on any atom is 0.153 e. The molecule has 1 aliphatic rings. The van der Waals surface area contributed by atoms with Crippen molar-refractivity contribution in [2.24, 2.45) is 0 Å². The van der Waals surface area contributed by atoms with Gasteiger partial charge in [0, 0.05) is 19.1 Å². The predicted molar refractivity (Wildman–Crippen MR) is 61.7 cm³/mol. The van der Waals surface area contributed by atoms with Crippen molar-refractivity contribution in [3.05, 3.63) is 29.7 Å². The lowest BCUT2D eigenvalue weighted by molar-refractivity contribution is 0.0846. The van der Waals surface area contributed by atoms with Crippen molar-refractivity contribution in [1.29, 1.82) is 0 Å². The van der Waals surface area contributed by atoms with Crippen LogP contribution in [0.3, 0.4) is 0 Å². The summed E-state index contributed by atoms with van der Waals surface area (Å²) in [7, 11) is 0. The van der Waals surface area contributed by atoms with E-state index in [1.54, 1.807) is 10.6 Å². The normalized spacial score (nSPS) is 17.7. The molecule has 3 rings (SSSR count). The van der Waals surface area contributed by atoms with Crippen LogP contribution in [0.15, 0.2) is 18.3 Å². The molecule has 0 amide bonds. The van der Waals surface area contributed by atoms with Gasteiger partial charge in [0.1, 0.15) is 0 Å². The molecule has 5 heteroatoms. The Labute approximate surface area is 99.0 Å². The van der Waals surface area contributed by atoms with E-state index in [2.05, 4.69) is 10.1 Å². The third-order valence-electron chi connectivity index (χ3n) is 3.20. The van der Waals surface area contributed by atoms with Gasteiger partial charge in [0.2, 0.25) is 0 Å². The Hall–Kier alpha value is -1.46. The number of aliphatic hydroxyl groups excluding tert-OH is 1. The summed E-state index contributed by atoms with van der Waals surface area (Å²) in [6.45, 7) is 1.59. The molecule has 1 N–H and O–H groups in total. The summed E-state index contributed by atoms with van der Waals surface area (Å²) in [6.07, 6.45) is 4.01. The van der Waals surface area contributed by atoms with Crippen LogP contribution in [-0.4, -0.2) is 32.9 Å². The lowest BCUT2D eigenvalue weighted by Crippen LogP contribution is -2.14. The summed E-state index contributed by atoms with van der Waals surface area (Å²) in [5, 5.41) is 13.3. The molecule has 5 nitrogen and oxygen atoms in total. The standard InChI is InChI=1S/C12H15N3O2/c16-8-10-1-2-12-13-11(7-15(12)14-10)9-3-5-17-6-4-9/h1-2,7,9,16H,3-6,8H2. The van der Waals surface area contributed by atoms with Gasteiger partial charge in [-0.2, -0.15) is 5.10 Å². The molecule has 0 saturated carbocycles. The first kappa shape index (κ1) is 10.7.